The second kappa shape index (κ2) is 4.24. The molecular weight excluding hydrogens is 222 g/mol. The molecule has 5 nitrogen and oxygen atoms in total. The fourth-order valence-electron chi connectivity index (χ4n) is 0.751. The Balaban J connectivity index is 2.78. The highest BCUT2D eigenvalue weighted by molar-refractivity contribution is 7.93. The molecule has 1 heterocycles. The lowest BCUT2D eigenvalue weighted by atomic mass is 10.5. The summed E-state index contributed by atoms with van der Waals surface area (Å²) in [6.45, 7) is 3.52. The molecule has 1 atom stereocenters. The zero-order valence-corrected chi connectivity index (χ0v) is 9.65. The van der Waals surface area contributed by atoms with Crippen LogP contribution < -0.4 is 10.5 Å². The molecule has 7 heteroatoms. The van der Waals surface area contributed by atoms with Crippen molar-refractivity contribution in [1.29, 1.82) is 0 Å². The molecule has 0 bridgehead atoms. The zero-order valence-electron chi connectivity index (χ0n) is 8.02. The number of anilines is 1. The third-order valence-electron chi connectivity index (χ3n) is 1.71. The van der Waals surface area contributed by atoms with Crippen molar-refractivity contribution in [2.45, 2.75) is 19.1 Å². The lowest BCUT2D eigenvalue weighted by molar-refractivity contribution is 0.589. The Morgan fingerprint density at radius 2 is 2.36 bits per heavy atom. The minimum atomic E-state index is -3.38. The molecule has 0 aliphatic carbocycles. The van der Waals surface area contributed by atoms with Gasteiger partial charge >= 0.3 is 0 Å². The Morgan fingerprint density at radius 1 is 1.71 bits per heavy atom. The van der Waals surface area contributed by atoms with Gasteiger partial charge in [-0.2, -0.15) is 0 Å². The van der Waals surface area contributed by atoms with E-state index in [4.69, 9.17) is 5.73 Å². The van der Waals surface area contributed by atoms with Gasteiger partial charge in [-0.3, -0.25) is 4.72 Å². The van der Waals surface area contributed by atoms with E-state index in [1.807, 2.05) is 6.92 Å². The molecule has 1 aromatic rings. The van der Waals surface area contributed by atoms with Crippen LogP contribution in [0.15, 0.2) is 6.20 Å². The second-order valence-corrected chi connectivity index (χ2v) is 6.30. The number of rotatable bonds is 4. The summed E-state index contributed by atoms with van der Waals surface area (Å²) in [6, 6.07) is 0. The fraction of sp³-hybridized carbons (Fsp3) is 0.571. The number of nitrogens with one attached hydrogen (secondary N) is 1. The van der Waals surface area contributed by atoms with Gasteiger partial charge in [0.2, 0.25) is 10.0 Å². The average Bonchev–Trinajstić information content (AvgIpc) is 2.48. The molecule has 0 saturated carbocycles. The van der Waals surface area contributed by atoms with Gasteiger partial charge in [0.25, 0.3) is 0 Å². The van der Waals surface area contributed by atoms with Crippen LogP contribution in [0.5, 0.6) is 0 Å². The van der Waals surface area contributed by atoms with Crippen LogP contribution >= 0.6 is 11.3 Å². The molecule has 14 heavy (non-hydrogen) atoms. The van der Waals surface area contributed by atoms with E-state index in [0.29, 0.717) is 5.13 Å². The summed E-state index contributed by atoms with van der Waals surface area (Å²) in [6.07, 6.45) is 1.62. The van der Waals surface area contributed by atoms with E-state index < -0.39 is 15.3 Å². The number of aromatic nitrogens is 1. The molecule has 80 valence electrons. The Bertz CT molecular complexity index is 399. The predicted molar refractivity (Wildman–Crippen MR) is 57.9 cm³/mol. The SMILES string of the molecule is Cc1cnc(NS(=O)(=O)C(C)CN)s1. The van der Waals surface area contributed by atoms with Gasteiger partial charge in [-0.1, -0.05) is 0 Å². The van der Waals surface area contributed by atoms with Gasteiger partial charge in [-0.25, -0.2) is 13.4 Å². The maximum atomic E-state index is 11.5. The molecule has 0 aliphatic heterocycles. The zero-order chi connectivity index (χ0) is 10.8. The summed E-state index contributed by atoms with van der Waals surface area (Å²) in [5, 5.41) is -0.213. The molecular formula is C7H13N3O2S2. The van der Waals surface area contributed by atoms with E-state index in [0.717, 1.165) is 4.88 Å². The summed E-state index contributed by atoms with van der Waals surface area (Å²) in [4.78, 5) is 4.87. The average molecular weight is 235 g/mol. The number of hydrogen-bond donors (Lipinski definition) is 2. The maximum absolute atomic E-state index is 11.5. The monoisotopic (exact) mass is 235 g/mol. The minimum Gasteiger partial charge on any atom is -0.329 e. The molecule has 1 unspecified atom stereocenters. The summed E-state index contributed by atoms with van der Waals surface area (Å²) in [5.41, 5.74) is 5.28. The molecule has 3 N–H and O–H groups in total. The summed E-state index contributed by atoms with van der Waals surface area (Å²) >= 11 is 1.30. The highest BCUT2D eigenvalue weighted by atomic mass is 32.2. The first kappa shape index (κ1) is 11.4. The highest BCUT2D eigenvalue weighted by Gasteiger charge is 2.19. The normalized spacial score (nSPS) is 13.9. The standard InChI is InChI=1S/C7H13N3O2S2/c1-5-4-9-7(13-5)10-14(11,12)6(2)3-8/h4,6H,3,8H2,1-2H3,(H,9,10). The molecule has 0 amide bonds. The molecule has 1 aromatic heterocycles. The first-order valence-electron chi connectivity index (χ1n) is 4.10. The Kier molecular flexibility index (Phi) is 3.46. The first-order chi connectivity index (χ1) is 6.45. The Labute approximate surface area is 87.4 Å². The fourth-order valence-corrected chi connectivity index (χ4v) is 2.53. The summed E-state index contributed by atoms with van der Waals surface area (Å²) in [7, 11) is -3.38. The number of nitrogens with two attached hydrogens (primary N) is 1. The molecule has 0 spiro atoms. The van der Waals surface area contributed by atoms with Crippen LogP contribution in [-0.2, 0) is 10.0 Å². The van der Waals surface area contributed by atoms with E-state index in [2.05, 4.69) is 9.71 Å². The van der Waals surface area contributed by atoms with Crippen LogP contribution in [0.2, 0.25) is 0 Å². The van der Waals surface area contributed by atoms with Gasteiger partial charge in [0, 0.05) is 17.6 Å². The third-order valence-corrected chi connectivity index (χ3v) is 4.40. The van der Waals surface area contributed by atoms with Crippen molar-refractivity contribution in [2.24, 2.45) is 5.73 Å². The number of nitrogens with zero attached hydrogens (tertiary/aromatic N) is 1. The topological polar surface area (TPSA) is 85.1 Å². The maximum Gasteiger partial charge on any atom is 0.238 e. The lowest BCUT2D eigenvalue weighted by Gasteiger charge is -2.10. The molecule has 0 fully saturated rings. The van der Waals surface area contributed by atoms with Crippen LogP contribution in [-0.4, -0.2) is 25.2 Å². The van der Waals surface area contributed by atoms with E-state index in [1.54, 1.807) is 13.1 Å². The van der Waals surface area contributed by atoms with Gasteiger partial charge < -0.3 is 5.73 Å². The van der Waals surface area contributed by atoms with Crippen molar-refractivity contribution in [3.63, 3.8) is 0 Å². The molecule has 0 aliphatic rings. The quantitative estimate of drug-likeness (QED) is 0.797. The first-order valence-corrected chi connectivity index (χ1v) is 6.46. The van der Waals surface area contributed by atoms with Crippen molar-refractivity contribution in [3.05, 3.63) is 11.1 Å². The van der Waals surface area contributed by atoms with Gasteiger partial charge in [-0.15, -0.1) is 11.3 Å². The highest BCUT2D eigenvalue weighted by Crippen LogP contribution is 2.18. The largest absolute Gasteiger partial charge is 0.329 e. The number of thiazole rings is 1. The number of hydrogen-bond acceptors (Lipinski definition) is 5. The van der Waals surface area contributed by atoms with Crippen LogP contribution in [0.4, 0.5) is 5.13 Å². The lowest BCUT2D eigenvalue weighted by Crippen LogP contribution is -2.31. The van der Waals surface area contributed by atoms with Gasteiger partial charge in [-0.05, 0) is 13.8 Å². The smallest absolute Gasteiger partial charge is 0.238 e. The van der Waals surface area contributed by atoms with Crippen molar-refractivity contribution in [3.8, 4) is 0 Å². The number of aryl methyl sites for hydroxylation is 1. The molecule has 0 aromatic carbocycles. The Hall–Kier alpha value is -0.660. The van der Waals surface area contributed by atoms with E-state index >= 15 is 0 Å². The number of sulfonamides is 1. The summed E-state index contributed by atoms with van der Waals surface area (Å²) < 4.78 is 25.4. The van der Waals surface area contributed by atoms with E-state index in [1.165, 1.54) is 11.3 Å². The minimum absolute atomic E-state index is 0.0969. The third kappa shape index (κ3) is 2.66. The van der Waals surface area contributed by atoms with Gasteiger partial charge in [0.05, 0.1) is 5.25 Å². The second-order valence-electron chi connectivity index (χ2n) is 2.97. The van der Waals surface area contributed by atoms with E-state index in [-0.39, 0.29) is 6.54 Å². The molecule has 0 radical (unpaired) electrons. The van der Waals surface area contributed by atoms with Crippen LogP contribution in [0, 0.1) is 6.92 Å². The predicted octanol–water partition coefficient (Wildman–Crippen LogP) is 0.540. The van der Waals surface area contributed by atoms with Crippen LogP contribution in [0.25, 0.3) is 0 Å². The Morgan fingerprint density at radius 3 is 2.79 bits per heavy atom. The molecule has 1 rings (SSSR count). The molecule has 0 saturated heterocycles. The van der Waals surface area contributed by atoms with Crippen molar-refractivity contribution in [2.75, 3.05) is 11.3 Å². The van der Waals surface area contributed by atoms with E-state index in [9.17, 15) is 8.42 Å². The van der Waals surface area contributed by atoms with Crippen molar-refractivity contribution >= 4 is 26.5 Å². The van der Waals surface area contributed by atoms with Gasteiger partial charge in [0.1, 0.15) is 0 Å². The van der Waals surface area contributed by atoms with Crippen molar-refractivity contribution < 1.29 is 8.42 Å². The van der Waals surface area contributed by atoms with Crippen LogP contribution in [0.1, 0.15) is 11.8 Å². The van der Waals surface area contributed by atoms with Crippen LogP contribution in [0.3, 0.4) is 0 Å². The van der Waals surface area contributed by atoms with Gasteiger partial charge in [0.15, 0.2) is 5.13 Å². The summed E-state index contributed by atoms with van der Waals surface area (Å²) in [5.74, 6) is 0. The van der Waals surface area contributed by atoms with Crippen molar-refractivity contribution in [1.82, 2.24) is 4.98 Å².